The summed E-state index contributed by atoms with van der Waals surface area (Å²) in [6.07, 6.45) is 50.7. The highest BCUT2D eigenvalue weighted by Crippen LogP contribution is 2.17. The smallest absolute Gasteiger partial charge is 0.305 e. The first kappa shape index (κ1) is 54.9. The minimum Gasteiger partial charge on any atom is -0.466 e. The van der Waals surface area contributed by atoms with E-state index < -0.39 is 12.1 Å². The minimum atomic E-state index is -0.669. The summed E-state index contributed by atoms with van der Waals surface area (Å²) in [6.45, 7) is 4.93. The zero-order valence-electron chi connectivity index (χ0n) is 37.9. The van der Waals surface area contributed by atoms with Gasteiger partial charge in [0.25, 0.3) is 0 Å². The number of esters is 1. The van der Waals surface area contributed by atoms with Gasteiger partial charge in [0, 0.05) is 12.8 Å². The molecule has 2 atom stereocenters. The van der Waals surface area contributed by atoms with Crippen molar-refractivity contribution >= 4 is 11.9 Å². The van der Waals surface area contributed by atoms with Crippen LogP contribution < -0.4 is 5.32 Å². The van der Waals surface area contributed by atoms with Gasteiger partial charge in [0.15, 0.2) is 0 Å². The third kappa shape index (κ3) is 42.5. The van der Waals surface area contributed by atoms with Gasteiger partial charge in [0.1, 0.15) is 0 Å². The molecule has 0 aromatic rings. The number of rotatable bonds is 47. The molecule has 0 heterocycles. The molecule has 0 rings (SSSR count). The zero-order chi connectivity index (χ0) is 40.8. The Hall–Kier alpha value is -1.14. The van der Waals surface area contributed by atoms with Crippen molar-refractivity contribution in [3.05, 3.63) is 0 Å². The lowest BCUT2D eigenvalue weighted by Gasteiger charge is -2.22. The fourth-order valence-corrected chi connectivity index (χ4v) is 7.99. The van der Waals surface area contributed by atoms with E-state index in [1.807, 2.05) is 0 Å². The highest BCUT2D eigenvalue weighted by molar-refractivity contribution is 5.76. The van der Waals surface area contributed by atoms with E-state index in [4.69, 9.17) is 4.74 Å². The fraction of sp³-hybridized carbons (Fsp3) is 0.960. The second-order valence-corrected chi connectivity index (χ2v) is 17.5. The molecule has 0 radical (unpaired) electrons. The van der Waals surface area contributed by atoms with Crippen molar-refractivity contribution in [1.82, 2.24) is 5.32 Å². The summed E-state index contributed by atoms with van der Waals surface area (Å²) < 4.78 is 5.47. The summed E-state index contributed by atoms with van der Waals surface area (Å²) in [6, 6.07) is -0.548. The van der Waals surface area contributed by atoms with E-state index >= 15 is 0 Å². The van der Waals surface area contributed by atoms with Crippen LogP contribution in [0.15, 0.2) is 0 Å². The van der Waals surface area contributed by atoms with Crippen LogP contribution in [0.4, 0.5) is 0 Å². The summed E-state index contributed by atoms with van der Waals surface area (Å²) in [5.74, 6) is -0.0499. The molecule has 0 aromatic carbocycles. The van der Waals surface area contributed by atoms with Gasteiger partial charge < -0.3 is 20.3 Å². The molecule has 56 heavy (non-hydrogen) atoms. The molecule has 334 valence electrons. The van der Waals surface area contributed by atoms with Gasteiger partial charge >= 0.3 is 5.97 Å². The number of ether oxygens (including phenoxy) is 1. The van der Waals surface area contributed by atoms with Gasteiger partial charge in [-0.05, 0) is 25.7 Å². The van der Waals surface area contributed by atoms with Gasteiger partial charge in [-0.2, -0.15) is 0 Å². The molecule has 0 spiro atoms. The average Bonchev–Trinajstić information content (AvgIpc) is 3.20. The number of unbranched alkanes of at least 4 members (excludes halogenated alkanes) is 36. The Morgan fingerprint density at radius 1 is 0.429 bits per heavy atom. The molecule has 0 aliphatic rings. The van der Waals surface area contributed by atoms with E-state index in [-0.39, 0.29) is 18.5 Å². The third-order valence-electron chi connectivity index (χ3n) is 11.9. The molecule has 0 aliphatic heterocycles. The monoisotopic (exact) mass is 794 g/mol. The highest BCUT2D eigenvalue weighted by atomic mass is 16.5. The average molecular weight is 794 g/mol. The van der Waals surface area contributed by atoms with E-state index in [2.05, 4.69) is 19.2 Å². The Kier molecular flexibility index (Phi) is 45.6. The van der Waals surface area contributed by atoms with Crippen molar-refractivity contribution in [2.45, 2.75) is 296 Å². The normalized spacial score (nSPS) is 12.6. The third-order valence-corrected chi connectivity index (χ3v) is 11.9. The molecule has 0 bridgehead atoms. The lowest BCUT2D eigenvalue weighted by molar-refractivity contribution is -0.143. The van der Waals surface area contributed by atoms with Gasteiger partial charge in [-0.15, -0.1) is 0 Å². The molecule has 0 saturated carbocycles. The predicted octanol–water partition coefficient (Wildman–Crippen LogP) is 14.8. The summed E-state index contributed by atoms with van der Waals surface area (Å²) >= 11 is 0. The van der Waals surface area contributed by atoms with Crippen LogP contribution in [0.3, 0.4) is 0 Å². The van der Waals surface area contributed by atoms with Gasteiger partial charge in [0.05, 0.1) is 25.4 Å². The van der Waals surface area contributed by atoms with Crippen LogP contribution in [0.25, 0.3) is 0 Å². The number of hydrogen-bond acceptors (Lipinski definition) is 5. The Labute approximate surface area is 349 Å². The van der Waals surface area contributed by atoms with Crippen LogP contribution in [0.2, 0.25) is 0 Å². The molecule has 6 nitrogen and oxygen atoms in total. The van der Waals surface area contributed by atoms with Gasteiger partial charge in [0.2, 0.25) is 5.91 Å². The van der Waals surface area contributed by atoms with E-state index in [1.54, 1.807) is 0 Å². The molecular formula is C50H99NO5. The first-order valence-corrected chi connectivity index (χ1v) is 25.3. The first-order chi connectivity index (χ1) is 27.5. The Morgan fingerprint density at radius 2 is 0.732 bits per heavy atom. The van der Waals surface area contributed by atoms with Crippen LogP contribution >= 0.6 is 0 Å². The molecule has 0 saturated heterocycles. The van der Waals surface area contributed by atoms with Crippen LogP contribution in [0, 0.1) is 0 Å². The molecule has 2 unspecified atom stereocenters. The molecule has 3 N–H and O–H groups in total. The van der Waals surface area contributed by atoms with Crippen molar-refractivity contribution in [2.24, 2.45) is 0 Å². The van der Waals surface area contributed by atoms with Crippen molar-refractivity contribution in [3.8, 4) is 0 Å². The summed E-state index contributed by atoms with van der Waals surface area (Å²) in [7, 11) is 0. The largest absolute Gasteiger partial charge is 0.466 e. The number of carbonyl (C=O) groups is 2. The van der Waals surface area contributed by atoms with Crippen LogP contribution in [-0.2, 0) is 14.3 Å². The van der Waals surface area contributed by atoms with Crippen molar-refractivity contribution in [3.63, 3.8) is 0 Å². The topological polar surface area (TPSA) is 95.9 Å². The minimum absolute atomic E-state index is 0.00229. The zero-order valence-corrected chi connectivity index (χ0v) is 37.9. The van der Waals surface area contributed by atoms with E-state index in [0.29, 0.717) is 25.9 Å². The predicted molar refractivity (Wildman–Crippen MR) is 241 cm³/mol. The number of aliphatic hydroxyl groups excluding tert-OH is 2. The van der Waals surface area contributed by atoms with Gasteiger partial charge in [-0.1, -0.05) is 245 Å². The number of amides is 1. The van der Waals surface area contributed by atoms with Gasteiger partial charge in [-0.25, -0.2) is 0 Å². The molecule has 6 heteroatoms. The summed E-state index contributed by atoms with van der Waals surface area (Å²) in [5.41, 5.74) is 0. The molecule has 0 fully saturated rings. The number of aliphatic hydroxyl groups is 2. The SMILES string of the molecule is CCCCCCCCCCCCCCCCCC(=O)OCCCCCCCCCCCCCCCC(=O)NC(CO)C(O)CCCCCCCCCCCCC. The van der Waals surface area contributed by atoms with Crippen LogP contribution in [0.1, 0.15) is 284 Å². The number of carbonyl (C=O) groups excluding carboxylic acids is 2. The Morgan fingerprint density at radius 3 is 1.09 bits per heavy atom. The molecule has 0 aliphatic carbocycles. The Balaban J connectivity index is 3.41. The lowest BCUT2D eigenvalue weighted by atomic mass is 10.0. The Bertz CT molecular complexity index is 791. The molecule has 0 aromatic heterocycles. The van der Waals surface area contributed by atoms with Crippen LogP contribution in [-0.4, -0.2) is 47.4 Å². The van der Waals surface area contributed by atoms with Crippen molar-refractivity contribution in [2.75, 3.05) is 13.2 Å². The second kappa shape index (κ2) is 46.5. The summed E-state index contributed by atoms with van der Waals surface area (Å²) in [4.78, 5) is 24.4. The quantitative estimate of drug-likeness (QED) is 0.0421. The van der Waals surface area contributed by atoms with Crippen molar-refractivity contribution in [1.29, 1.82) is 0 Å². The maximum absolute atomic E-state index is 12.4. The van der Waals surface area contributed by atoms with Crippen LogP contribution in [0.5, 0.6) is 0 Å². The summed E-state index contributed by atoms with van der Waals surface area (Å²) in [5, 5.41) is 23.1. The van der Waals surface area contributed by atoms with E-state index in [0.717, 1.165) is 51.4 Å². The van der Waals surface area contributed by atoms with E-state index in [1.165, 1.54) is 199 Å². The first-order valence-electron chi connectivity index (χ1n) is 25.3. The number of nitrogens with one attached hydrogen (secondary N) is 1. The fourth-order valence-electron chi connectivity index (χ4n) is 7.99. The standard InChI is InChI=1S/C50H99NO5/c1-3-5-7-9-11-13-15-16-17-20-24-28-32-36-40-44-50(55)56-45-41-37-33-29-25-21-18-19-23-27-31-35-39-43-49(54)51-47(46-52)48(53)42-38-34-30-26-22-14-12-10-8-6-4-2/h47-48,52-53H,3-46H2,1-2H3,(H,51,54). The second-order valence-electron chi connectivity index (χ2n) is 17.5. The molecule has 1 amide bonds. The lowest BCUT2D eigenvalue weighted by Crippen LogP contribution is -2.45. The highest BCUT2D eigenvalue weighted by Gasteiger charge is 2.20. The van der Waals surface area contributed by atoms with Crippen molar-refractivity contribution < 1.29 is 24.5 Å². The maximum Gasteiger partial charge on any atom is 0.305 e. The van der Waals surface area contributed by atoms with Gasteiger partial charge in [-0.3, -0.25) is 9.59 Å². The van der Waals surface area contributed by atoms with E-state index in [9.17, 15) is 19.8 Å². The maximum atomic E-state index is 12.4. The molecular weight excluding hydrogens is 695 g/mol. The number of hydrogen-bond donors (Lipinski definition) is 3.